The van der Waals surface area contributed by atoms with Crippen LogP contribution in [0.3, 0.4) is 0 Å². The normalized spacial score (nSPS) is 22.2. The van der Waals surface area contributed by atoms with Crippen LogP contribution in [-0.2, 0) is 20.8 Å². The maximum atomic E-state index is 13.6. The molecular formula is C41H60N4O7. The SMILES string of the molecule is CC(C)(C)OC(=O)N[C@H]1CC[C@H](N(C(=O)OC(C)(C)C)C2CC2c2ccc(OCc3cccc(N4CCN(C(=O)OC(C)(C)C)CC4)c3)cc2)CC1. The summed E-state index contributed by atoms with van der Waals surface area (Å²) in [6, 6.07) is 16.7. The van der Waals surface area contributed by atoms with Crippen molar-refractivity contribution in [2.24, 2.45) is 0 Å². The molecule has 1 saturated heterocycles. The van der Waals surface area contributed by atoms with Gasteiger partial charge in [-0.1, -0.05) is 24.3 Å². The Morgan fingerprint density at radius 3 is 1.98 bits per heavy atom. The van der Waals surface area contributed by atoms with Crippen molar-refractivity contribution in [3.63, 3.8) is 0 Å². The lowest BCUT2D eigenvalue weighted by Crippen LogP contribution is -2.50. The lowest BCUT2D eigenvalue weighted by Gasteiger charge is -2.38. The Morgan fingerprint density at radius 1 is 0.769 bits per heavy atom. The number of carbonyl (C=O) groups is 3. The molecule has 2 aromatic carbocycles. The van der Waals surface area contributed by atoms with Crippen LogP contribution in [0.25, 0.3) is 0 Å². The summed E-state index contributed by atoms with van der Waals surface area (Å²) in [5, 5.41) is 3.01. The highest BCUT2D eigenvalue weighted by Gasteiger charge is 2.49. The van der Waals surface area contributed by atoms with Gasteiger partial charge < -0.3 is 39.0 Å². The molecule has 3 amide bonds. The van der Waals surface area contributed by atoms with Gasteiger partial charge in [0.05, 0.1) is 0 Å². The monoisotopic (exact) mass is 720 g/mol. The zero-order valence-corrected chi connectivity index (χ0v) is 32.7. The molecule has 0 bridgehead atoms. The third-order valence-electron chi connectivity index (χ3n) is 9.45. The van der Waals surface area contributed by atoms with Crippen LogP contribution in [0.2, 0.25) is 0 Å². The average Bonchev–Trinajstić information content (AvgIpc) is 3.83. The van der Waals surface area contributed by atoms with E-state index < -0.39 is 22.9 Å². The van der Waals surface area contributed by atoms with Crippen LogP contribution in [0.5, 0.6) is 5.75 Å². The first-order valence-corrected chi connectivity index (χ1v) is 18.9. The van der Waals surface area contributed by atoms with Crippen LogP contribution in [-0.4, -0.2) is 89.2 Å². The van der Waals surface area contributed by atoms with Crippen molar-refractivity contribution in [3.8, 4) is 5.75 Å². The number of hydrogen-bond donors (Lipinski definition) is 1. The van der Waals surface area contributed by atoms with E-state index in [0.29, 0.717) is 19.7 Å². The molecule has 0 radical (unpaired) electrons. The number of anilines is 1. The number of hydrogen-bond acceptors (Lipinski definition) is 8. The fourth-order valence-electron chi connectivity index (χ4n) is 6.98. The van der Waals surface area contributed by atoms with Gasteiger partial charge in [0.1, 0.15) is 29.2 Å². The van der Waals surface area contributed by atoms with Crippen molar-refractivity contribution >= 4 is 24.0 Å². The average molecular weight is 721 g/mol. The molecule has 1 N–H and O–H groups in total. The van der Waals surface area contributed by atoms with Gasteiger partial charge in [-0.15, -0.1) is 0 Å². The lowest BCUT2D eigenvalue weighted by atomic mass is 9.90. The number of carbonyl (C=O) groups excluding carboxylic acids is 3. The molecule has 0 aromatic heterocycles. The number of rotatable bonds is 8. The smallest absolute Gasteiger partial charge is 0.410 e. The van der Waals surface area contributed by atoms with Gasteiger partial charge in [0, 0.05) is 55.9 Å². The van der Waals surface area contributed by atoms with Gasteiger partial charge in [-0.2, -0.15) is 0 Å². The van der Waals surface area contributed by atoms with Crippen LogP contribution in [0.4, 0.5) is 20.1 Å². The molecule has 2 saturated carbocycles. The van der Waals surface area contributed by atoms with Gasteiger partial charge in [-0.25, -0.2) is 14.4 Å². The number of benzene rings is 2. The van der Waals surface area contributed by atoms with Gasteiger partial charge in [-0.05, 0) is 130 Å². The minimum absolute atomic E-state index is 0.0261. The first kappa shape index (κ1) is 39.1. The maximum Gasteiger partial charge on any atom is 0.410 e. The molecule has 2 aliphatic carbocycles. The van der Waals surface area contributed by atoms with E-state index in [4.69, 9.17) is 18.9 Å². The molecule has 2 unspecified atom stereocenters. The number of alkyl carbamates (subject to hydrolysis) is 1. The summed E-state index contributed by atoms with van der Waals surface area (Å²) < 4.78 is 23.1. The molecule has 11 nitrogen and oxygen atoms in total. The van der Waals surface area contributed by atoms with E-state index in [9.17, 15) is 14.4 Å². The summed E-state index contributed by atoms with van der Waals surface area (Å²) in [5.74, 6) is 1.02. The summed E-state index contributed by atoms with van der Waals surface area (Å²) in [6.45, 7) is 20.1. The molecular weight excluding hydrogens is 660 g/mol. The van der Waals surface area contributed by atoms with Crippen LogP contribution >= 0.6 is 0 Å². The van der Waals surface area contributed by atoms with Gasteiger partial charge >= 0.3 is 18.3 Å². The Hall–Kier alpha value is -4.15. The molecule has 3 fully saturated rings. The van der Waals surface area contributed by atoms with Gasteiger partial charge in [0.15, 0.2) is 0 Å². The fraction of sp³-hybridized carbons (Fsp3) is 0.634. The van der Waals surface area contributed by atoms with Crippen LogP contribution < -0.4 is 15.0 Å². The molecule has 52 heavy (non-hydrogen) atoms. The second-order valence-corrected chi connectivity index (χ2v) is 17.4. The first-order chi connectivity index (χ1) is 24.3. The Bertz CT molecular complexity index is 1530. The molecule has 2 aromatic rings. The number of piperazine rings is 1. The molecule has 3 aliphatic rings. The largest absolute Gasteiger partial charge is 0.489 e. The first-order valence-electron chi connectivity index (χ1n) is 18.9. The van der Waals surface area contributed by atoms with E-state index >= 15 is 0 Å². The van der Waals surface area contributed by atoms with E-state index in [2.05, 4.69) is 40.5 Å². The Kier molecular flexibility index (Phi) is 11.9. The van der Waals surface area contributed by atoms with Crippen LogP contribution in [0.15, 0.2) is 48.5 Å². The van der Waals surface area contributed by atoms with Gasteiger partial charge in [-0.3, -0.25) is 0 Å². The minimum Gasteiger partial charge on any atom is -0.489 e. The Labute approximate surface area is 310 Å². The number of amides is 3. The van der Waals surface area contributed by atoms with E-state index in [1.54, 1.807) is 4.90 Å². The standard InChI is InChI=1S/C41H60N4O7/c1-39(2,3)50-36(46)42-30-15-17-31(18-16-30)45(38(48)52-41(7,8)9)35-26-34(35)29-13-19-33(20-14-29)49-27-28-11-10-12-32(25-28)43-21-23-44(24-22-43)37(47)51-40(4,5)6/h10-14,19-20,25,30-31,34-35H,15-18,21-24,26-27H2,1-9H3,(H,42,46)/t30-,31-,34?,35?. The molecule has 0 spiro atoms. The zero-order valence-electron chi connectivity index (χ0n) is 32.7. The van der Waals surface area contributed by atoms with Gasteiger partial charge in [0.25, 0.3) is 0 Å². The summed E-state index contributed by atoms with van der Waals surface area (Å²) in [7, 11) is 0. The third-order valence-corrected chi connectivity index (χ3v) is 9.45. The van der Waals surface area contributed by atoms with Crippen molar-refractivity contribution < 1.29 is 33.3 Å². The molecule has 5 rings (SSSR count). The summed E-state index contributed by atoms with van der Waals surface area (Å²) >= 11 is 0. The van der Waals surface area contributed by atoms with Crippen molar-refractivity contribution in [2.45, 2.75) is 142 Å². The molecule has 11 heteroatoms. The van der Waals surface area contributed by atoms with E-state index in [-0.39, 0.29) is 36.2 Å². The van der Waals surface area contributed by atoms with Crippen LogP contribution in [0.1, 0.15) is 111 Å². The Balaban J connectivity index is 1.13. The molecule has 1 aliphatic heterocycles. The predicted molar refractivity (Wildman–Crippen MR) is 202 cm³/mol. The quantitative estimate of drug-likeness (QED) is 0.272. The van der Waals surface area contributed by atoms with Crippen molar-refractivity contribution in [2.75, 3.05) is 31.1 Å². The minimum atomic E-state index is -0.593. The fourth-order valence-corrected chi connectivity index (χ4v) is 6.98. The third kappa shape index (κ3) is 11.4. The van der Waals surface area contributed by atoms with Gasteiger partial charge in [0.2, 0.25) is 0 Å². The lowest BCUT2D eigenvalue weighted by molar-refractivity contribution is 0.00739. The summed E-state index contributed by atoms with van der Waals surface area (Å²) in [4.78, 5) is 44.5. The van der Waals surface area contributed by atoms with E-state index in [0.717, 1.165) is 62.2 Å². The Morgan fingerprint density at radius 2 is 1.38 bits per heavy atom. The molecule has 286 valence electrons. The molecule has 1 heterocycles. The summed E-state index contributed by atoms with van der Waals surface area (Å²) in [5.41, 5.74) is 1.72. The second-order valence-electron chi connectivity index (χ2n) is 17.4. The van der Waals surface area contributed by atoms with Crippen LogP contribution in [0, 0.1) is 0 Å². The van der Waals surface area contributed by atoms with E-state index in [1.165, 1.54) is 5.56 Å². The number of ether oxygens (including phenoxy) is 4. The maximum absolute atomic E-state index is 13.6. The van der Waals surface area contributed by atoms with Crippen molar-refractivity contribution in [3.05, 3.63) is 59.7 Å². The second kappa shape index (κ2) is 15.8. The number of nitrogens with one attached hydrogen (secondary N) is 1. The number of nitrogens with zero attached hydrogens (tertiary/aromatic N) is 3. The van der Waals surface area contributed by atoms with Crippen molar-refractivity contribution in [1.29, 1.82) is 0 Å². The summed E-state index contributed by atoms with van der Waals surface area (Å²) in [6.07, 6.45) is 3.10. The topological polar surface area (TPSA) is 110 Å². The highest BCUT2D eigenvalue weighted by molar-refractivity contribution is 5.70. The predicted octanol–water partition coefficient (Wildman–Crippen LogP) is 8.25. The highest BCUT2D eigenvalue weighted by atomic mass is 16.6. The van der Waals surface area contributed by atoms with Crippen molar-refractivity contribution in [1.82, 2.24) is 15.1 Å². The molecule has 2 atom stereocenters. The highest BCUT2D eigenvalue weighted by Crippen LogP contribution is 2.47. The zero-order chi connectivity index (χ0) is 37.8. The van der Waals surface area contributed by atoms with E-state index in [1.807, 2.05) is 85.4 Å².